The van der Waals surface area contributed by atoms with Crippen molar-refractivity contribution in [2.45, 2.75) is 11.6 Å². The van der Waals surface area contributed by atoms with Gasteiger partial charge in [0.25, 0.3) is 0 Å². The lowest BCUT2D eigenvalue weighted by Crippen LogP contribution is -2.09. The molecule has 0 bridgehead atoms. The molecule has 1 aliphatic heterocycles. The SMILES string of the molecule is O=C1CC(CSc2nnnn2-c2ccccc2)=NN1. The van der Waals surface area contributed by atoms with Gasteiger partial charge in [0.2, 0.25) is 11.1 Å². The van der Waals surface area contributed by atoms with Crippen LogP contribution in [0.2, 0.25) is 0 Å². The van der Waals surface area contributed by atoms with Crippen LogP contribution in [0.3, 0.4) is 0 Å². The first-order valence-corrected chi connectivity index (χ1v) is 6.62. The van der Waals surface area contributed by atoms with Gasteiger partial charge in [-0.2, -0.15) is 9.78 Å². The summed E-state index contributed by atoms with van der Waals surface area (Å²) in [5.41, 5.74) is 4.13. The van der Waals surface area contributed by atoms with Crippen molar-refractivity contribution < 1.29 is 4.79 Å². The molecule has 1 N–H and O–H groups in total. The van der Waals surface area contributed by atoms with E-state index < -0.39 is 0 Å². The third-order valence-corrected chi connectivity index (χ3v) is 3.50. The highest BCUT2D eigenvalue weighted by molar-refractivity contribution is 7.99. The Morgan fingerprint density at radius 2 is 2.16 bits per heavy atom. The van der Waals surface area contributed by atoms with Crippen LogP contribution in [0.5, 0.6) is 0 Å². The Labute approximate surface area is 113 Å². The number of rotatable bonds is 4. The predicted octanol–water partition coefficient (Wildman–Crippen LogP) is 0.630. The fourth-order valence-corrected chi connectivity index (χ4v) is 2.46. The van der Waals surface area contributed by atoms with Gasteiger partial charge in [-0.1, -0.05) is 30.0 Å². The average Bonchev–Trinajstić information content (AvgIpc) is 3.06. The second-order valence-corrected chi connectivity index (χ2v) is 4.83. The first-order chi connectivity index (χ1) is 9.33. The summed E-state index contributed by atoms with van der Waals surface area (Å²) in [6, 6.07) is 9.65. The van der Waals surface area contributed by atoms with Crippen LogP contribution >= 0.6 is 11.8 Å². The number of thioether (sulfide) groups is 1. The van der Waals surface area contributed by atoms with Gasteiger partial charge in [-0.15, -0.1) is 5.10 Å². The fraction of sp³-hybridized carbons (Fsp3) is 0.182. The van der Waals surface area contributed by atoms with E-state index in [9.17, 15) is 4.79 Å². The average molecular weight is 274 g/mol. The van der Waals surface area contributed by atoms with Crippen LogP contribution in [0.1, 0.15) is 6.42 Å². The van der Waals surface area contributed by atoms with Crippen LogP contribution in [0, 0.1) is 0 Å². The van der Waals surface area contributed by atoms with Gasteiger partial charge in [0.15, 0.2) is 0 Å². The number of para-hydroxylation sites is 1. The van der Waals surface area contributed by atoms with Gasteiger partial charge in [0.05, 0.1) is 17.8 Å². The van der Waals surface area contributed by atoms with Gasteiger partial charge >= 0.3 is 0 Å². The van der Waals surface area contributed by atoms with E-state index >= 15 is 0 Å². The molecule has 19 heavy (non-hydrogen) atoms. The Kier molecular flexibility index (Phi) is 3.23. The molecule has 0 aliphatic carbocycles. The van der Waals surface area contributed by atoms with Gasteiger partial charge < -0.3 is 0 Å². The Bertz CT molecular complexity index is 623. The highest BCUT2D eigenvalue weighted by Gasteiger charge is 2.16. The van der Waals surface area contributed by atoms with Crippen LogP contribution in [-0.2, 0) is 4.79 Å². The van der Waals surface area contributed by atoms with Crippen molar-refractivity contribution in [3.63, 3.8) is 0 Å². The molecule has 2 aromatic rings. The number of carbonyl (C=O) groups excluding carboxylic acids is 1. The van der Waals surface area contributed by atoms with E-state index in [0.29, 0.717) is 17.3 Å². The minimum absolute atomic E-state index is 0.0711. The molecule has 0 fully saturated rings. The molecule has 1 amide bonds. The van der Waals surface area contributed by atoms with Gasteiger partial charge in [0, 0.05) is 5.75 Å². The first kappa shape index (κ1) is 11.8. The molecule has 1 aromatic carbocycles. The summed E-state index contributed by atoms with van der Waals surface area (Å²) < 4.78 is 1.66. The topological polar surface area (TPSA) is 85.1 Å². The summed E-state index contributed by atoms with van der Waals surface area (Å²) in [6.07, 6.45) is 0.347. The highest BCUT2D eigenvalue weighted by atomic mass is 32.2. The third kappa shape index (κ3) is 2.63. The molecule has 7 nitrogen and oxygen atoms in total. The molecular weight excluding hydrogens is 264 g/mol. The molecule has 0 saturated heterocycles. The van der Waals surface area contributed by atoms with Gasteiger partial charge in [0.1, 0.15) is 0 Å². The maximum atomic E-state index is 11.0. The van der Waals surface area contributed by atoms with Crippen molar-refractivity contribution in [2.24, 2.45) is 5.10 Å². The first-order valence-electron chi connectivity index (χ1n) is 5.64. The number of carbonyl (C=O) groups is 1. The van der Waals surface area contributed by atoms with Crippen molar-refractivity contribution >= 4 is 23.4 Å². The zero-order chi connectivity index (χ0) is 13.1. The monoisotopic (exact) mass is 274 g/mol. The Morgan fingerprint density at radius 3 is 2.89 bits per heavy atom. The van der Waals surface area contributed by atoms with Gasteiger partial charge in [-0.05, 0) is 22.6 Å². The Balaban J connectivity index is 1.73. The summed E-state index contributed by atoms with van der Waals surface area (Å²) >= 11 is 1.45. The minimum atomic E-state index is -0.0711. The molecule has 1 aliphatic rings. The molecule has 8 heteroatoms. The maximum absolute atomic E-state index is 11.0. The van der Waals surface area contributed by atoms with Crippen molar-refractivity contribution in [3.8, 4) is 5.69 Å². The molecule has 96 valence electrons. The number of aromatic nitrogens is 4. The standard InChI is InChI=1S/C11H10N6OS/c18-10-6-8(12-13-10)7-19-11-14-15-16-17(11)9-4-2-1-3-5-9/h1-5H,6-7H2,(H,13,18). The van der Waals surface area contributed by atoms with E-state index in [2.05, 4.69) is 26.1 Å². The Hall–Kier alpha value is -2.22. The lowest BCUT2D eigenvalue weighted by Gasteiger charge is -2.03. The number of amides is 1. The highest BCUT2D eigenvalue weighted by Crippen LogP contribution is 2.19. The molecule has 0 saturated carbocycles. The molecule has 0 atom stereocenters. The van der Waals surface area contributed by atoms with Crippen LogP contribution in [0.15, 0.2) is 40.6 Å². The molecule has 3 rings (SSSR count). The molecule has 2 heterocycles. The van der Waals surface area contributed by atoms with Crippen LogP contribution in [0.25, 0.3) is 5.69 Å². The van der Waals surface area contributed by atoms with Crippen molar-refractivity contribution in [1.82, 2.24) is 25.6 Å². The van der Waals surface area contributed by atoms with E-state index in [4.69, 9.17) is 0 Å². The summed E-state index contributed by atoms with van der Waals surface area (Å²) in [6.45, 7) is 0. The number of hydrogen-bond acceptors (Lipinski definition) is 6. The van der Waals surface area contributed by atoms with Crippen molar-refractivity contribution in [2.75, 3.05) is 5.75 Å². The summed E-state index contributed by atoms with van der Waals surface area (Å²) in [5.74, 6) is 0.518. The number of hydrazone groups is 1. The minimum Gasteiger partial charge on any atom is -0.273 e. The predicted molar refractivity (Wildman–Crippen MR) is 70.1 cm³/mol. The molecule has 0 spiro atoms. The number of nitrogens with one attached hydrogen (secondary N) is 1. The number of hydrogen-bond donors (Lipinski definition) is 1. The molecule has 0 radical (unpaired) electrons. The maximum Gasteiger partial charge on any atom is 0.245 e. The van der Waals surface area contributed by atoms with E-state index in [1.807, 2.05) is 30.3 Å². The van der Waals surface area contributed by atoms with Crippen LogP contribution < -0.4 is 5.43 Å². The fourth-order valence-electron chi connectivity index (χ4n) is 1.64. The van der Waals surface area contributed by atoms with E-state index in [-0.39, 0.29) is 5.91 Å². The molecular formula is C11H10N6OS. The summed E-state index contributed by atoms with van der Waals surface area (Å²) in [5, 5.41) is 16.2. The number of tetrazole rings is 1. The Morgan fingerprint density at radius 1 is 1.32 bits per heavy atom. The summed E-state index contributed by atoms with van der Waals surface area (Å²) in [7, 11) is 0. The number of nitrogens with zero attached hydrogens (tertiary/aromatic N) is 5. The van der Waals surface area contributed by atoms with E-state index in [1.54, 1.807) is 4.68 Å². The largest absolute Gasteiger partial charge is 0.273 e. The summed E-state index contributed by atoms with van der Waals surface area (Å²) in [4.78, 5) is 11.0. The third-order valence-electron chi connectivity index (χ3n) is 2.51. The normalized spacial score (nSPS) is 14.3. The molecule has 1 aromatic heterocycles. The lowest BCUT2D eigenvalue weighted by molar-refractivity contribution is -0.119. The zero-order valence-corrected chi connectivity index (χ0v) is 10.7. The van der Waals surface area contributed by atoms with Crippen molar-refractivity contribution in [3.05, 3.63) is 30.3 Å². The number of benzene rings is 1. The van der Waals surface area contributed by atoms with Crippen LogP contribution in [0.4, 0.5) is 0 Å². The lowest BCUT2D eigenvalue weighted by atomic mass is 10.3. The second kappa shape index (κ2) is 5.19. The van der Waals surface area contributed by atoms with E-state index in [1.165, 1.54) is 11.8 Å². The van der Waals surface area contributed by atoms with E-state index in [0.717, 1.165) is 11.4 Å². The quantitative estimate of drug-likeness (QED) is 0.827. The van der Waals surface area contributed by atoms with Gasteiger partial charge in [-0.25, -0.2) is 5.43 Å². The van der Waals surface area contributed by atoms with Crippen LogP contribution in [-0.4, -0.2) is 37.6 Å². The smallest absolute Gasteiger partial charge is 0.245 e. The van der Waals surface area contributed by atoms with Crippen molar-refractivity contribution in [1.29, 1.82) is 0 Å². The zero-order valence-electron chi connectivity index (χ0n) is 9.85. The second-order valence-electron chi connectivity index (χ2n) is 3.89. The molecule has 0 unspecified atom stereocenters. The van der Waals surface area contributed by atoms with Gasteiger partial charge in [-0.3, -0.25) is 4.79 Å².